The third-order valence-electron chi connectivity index (χ3n) is 5.85. The molecule has 2 heterocycles. The van der Waals surface area contributed by atoms with Crippen molar-refractivity contribution in [2.45, 2.75) is 50.5 Å². The van der Waals surface area contributed by atoms with Crippen molar-refractivity contribution >= 4 is 11.8 Å². The molecule has 2 aliphatic heterocycles. The van der Waals surface area contributed by atoms with Crippen molar-refractivity contribution in [2.75, 3.05) is 19.6 Å². The largest absolute Gasteiger partial charge is 0.508 e. The van der Waals surface area contributed by atoms with Gasteiger partial charge in [0.05, 0.1) is 5.92 Å². The Morgan fingerprint density at radius 3 is 2.58 bits per heavy atom. The second-order valence-electron chi connectivity index (χ2n) is 7.19. The number of rotatable bonds is 2. The topological polar surface area (TPSA) is 60.9 Å². The monoisotopic (exact) mass is 328 g/mol. The van der Waals surface area contributed by atoms with Gasteiger partial charge in [0.15, 0.2) is 0 Å². The van der Waals surface area contributed by atoms with Gasteiger partial charge in [-0.3, -0.25) is 9.59 Å². The Balaban J connectivity index is 1.42. The number of likely N-dealkylation sites (tertiary alicyclic amines) is 2. The minimum Gasteiger partial charge on any atom is -0.508 e. The van der Waals surface area contributed by atoms with Crippen LogP contribution in [0.5, 0.6) is 5.75 Å². The molecule has 2 amide bonds. The fraction of sp³-hybridized carbons (Fsp3) is 0.579. The second kappa shape index (κ2) is 6.11. The molecule has 3 aliphatic rings. The van der Waals surface area contributed by atoms with Gasteiger partial charge in [0.25, 0.3) is 0 Å². The van der Waals surface area contributed by atoms with Crippen LogP contribution in [0.2, 0.25) is 0 Å². The fourth-order valence-corrected chi connectivity index (χ4v) is 4.58. The van der Waals surface area contributed by atoms with E-state index in [2.05, 4.69) is 0 Å². The highest BCUT2D eigenvalue weighted by molar-refractivity contribution is 5.86. The summed E-state index contributed by atoms with van der Waals surface area (Å²) in [6, 6.07) is 5.83. The van der Waals surface area contributed by atoms with Crippen LogP contribution in [-0.4, -0.2) is 52.4 Å². The molecule has 1 N–H and O–H groups in total. The smallest absolute Gasteiger partial charge is 0.230 e. The van der Waals surface area contributed by atoms with Crippen LogP contribution < -0.4 is 0 Å². The number of hydrogen-bond donors (Lipinski definition) is 1. The van der Waals surface area contributed by atoms with Gasteiger partial charge in [0.1, 0.15) is 5.75 Å². The molecule has 1 aromatic carbocycles. The fourth-order valence-electron chi connectivity index (χ4n) is 4.58. The molecule has 24 heavy (non-hydrogen) atoms. The van der Waals surface area contributed by atoms with Gasteiger partial charge in [0.2, 0.25) is 11.8 Å². The van der Waals surface area contributed by atoms with Crippen LogP contribution in [0.1, 0.15) is 49.1 Å². The summed E-state index contributed by atoms with van der Waals surface area (Å²) >= 11 is 0. The average molecular weight is 328 g/mol. The number of nitrogens with zero attached hydrogens (tertiary/aromatic N) is 2. The number of phenols is 1. The Hall–Kier alpha value is -2.04. The third kappa shape index (κ3) is 2.56. The Morgan fingerprint density at radius 2 is 1.88 bits per heavy atom. The summed E-state index contributed by atoms with van der Waals surface area (Å²) in [5.74, 6) is 0.461. The van der Waals surface area contributed by atoms with E-state index in [0.29, 0.717) is 25.6 Å². The average Bonchev–Trinajstić information content (AvgIpc) is 3.21. The number of fused-ring (bicyclic) bond motifs is 1. The number of aromatic hydroxyl groups is 1. The number of aryl methyl sites for hydroxylation is 1. The molecular formula is C19H24N2O3. The van der Waals surface area contributed by atoms with Gasteiger partial charge in [-0.05, 0) is 43.7 Å². The first kappa shape index (κ1) is 15.5. The molecule has 0 saturated carbocycles. The first-order valence-corrected chi connectivity index (χ1v) is 9.04. The Bertz CT molecular complexity index is 665. The lowest BCUT2D eigenvalue weighted by Crippen LogP contribution is -2.48. The predicted molar refractivity (Wildman–Crippen MR) is 89.7 cm³/mol. The Morgan fingerprint density at radius 1 is 1.08 bits per heavy atom. The van der Waals surface area contributed by atoms with E-state index in [-0.39, 0.29) is 23.5 Å². The first-order valence-electron chi connectivity index (χ1n) is 9.04. The van der Waals surface area contributed by atoms with E-state index in [0.717, 1.165) is 49.8 Å². The summed E-state index contributed by atoms with van der Waals surface area (Å²) in [6.45, 7) is 2.31. The van der Waals surface area contributed by atoms with E-state index in [9.17, 15) is 14.7 Å². The van der Waals surface area contributed by atoms with Gasteiger partial charge in [-0.2, -0.15) is 0 Å². The van der Waals surface area contributed by atoms with Gasteiger partial charge in [-0.25, -0.2) is 0 Å². The van der Waals surface area contributed by atoms with Gasteiger partial charge >= 0.3 is 0 Å². The van der Waals surface area contributed by atoms with E-state index < -0.39 is 0 Å². The highest BCUT2D eigenvalue weighted by Crippen LogP contribution is 2.40. The van der Waals surface area contributed by atoms with Gasteiger partial charge < -0.3 is 14.9 Å². The predicted octanol–water partition coefficient (Wildman–Crippen LogP) is 2.04. The zero-order valence-electron chi connectivity index (χ0n) is 13.9. The SMILES string of the molecule is O=C(C1CCc2cccc(O)c21)N1CCC(N2CCCC2=O)CC1. The van der Waals surface area contributed by atoms with Crippen molar-refractivity contribution in [1.82, 2.24) is 9.80 Å². The van der Waals surface area contributed by atoms with Crippen LogP contribution >= 0.6 is 0 Å². The second-order valence-corrected chi connectivity index (χ2v) is 7.19. The lowest BCUT2D eigenvalue weighted by molar-refractivity contribution is -0.135. The normalized spacial score (nSPS) is 24.5. The summed E-state index contributed by atoms with van der Waals surface area (Å²) in [5, 5.41) is 10.1. The summed E-state index contributed by atoms with van der Waals surface area (Å²) in [6.07, 6.45) is 5.04. The van der Waals surface area contributed by atoms with Gasteiger partial charge in [0, 0.05) is 37.7 Å². The maximum Gasteiger partial charge on any atom is 0.230 e. The van der Waals surface area contributed by atoms with Crippen LogP contribution in [0.25, 0.3) is 0 Å². The van der Waals surface area contributed by atoms with Crippen LogP contribution in [0.4, 0.5) is 0 Å². The zero-order valence-corrected chi connectivity index (χ0v) is 13.9. The molecule has 0 spiro atoms. The highest BCUT2D eigenvalue weighted by Gasteiger charge is 2.37. The lowest BCUT2D eigenvalue weighted by atomic mass is 9.96. The molecule has 1 aliphatic carbocycles. The summed E-state index contributed by atoms with van der Waals surface area (Å²) in [4.78, 5) is 28.8. The van der Waals surface area contributed by atoms with Crippen LogP contribution in [0, 0.1) is 0 Å². The van der Waals surface area contributed by atoms with Crippen molar-refractivity contribution in [3.05, 3.63) is 29.3 Å². The van der Waals surface area contributed by atoms with E-state index in [1.807, 2.05) is 21.9 Å². The molecule has 4 rings (SSSR count). The minimum absolute atomic E-state index is 0.140. The first-order chi connectivity index (χ1) is 11.6. The molecule has 1 unspecified atom stereocenters. The summed E-state index contributed by atoms with van der Waals surface area (Å²) < 4.78 is 0. The molecule has 5 heteroatoms. The van der Waals surface area contributed by atoms with E-state index >= 15 is 0 Å². The van der Waals surface area contributed by atoms with Crippen molar-refractivity contribution in [3.63, 3.8) is 0 Å². The third-order valence-corrected chi connectivity index (χ3v) is 5.85. The minimum atomic E-state index is -0.203. The number of piperidine rings is 1. The van der Waals surface area contributed by atoms with Crippen LogP contribution in [-0.2, 0) is 16.0 Å². The number of phenolic OH excluding ortho intramolecular Hbond substituents is 1. The van der Waals surface area contributed by atoms with Gasteiger partial charge in [-0.1, -0.05) is 12.1 Å². The van der Waals surface area contributed by atoms with Crippen molar-refractivity contribution in [2.24, 2.45) is 0 Å². The molecule has 128 valence electrons. The van der Waals surface area contributed by atoms with Crippen LogP contribution in [0.3, 0.4) is 0 Å². The lowest BCUT2D eigenvalue weighted by Gasteiger charge is -2.37. The molecule has 2 saturated heterocycles. The van der Waals surface area contributed by atoms with Crippen molar-refractivity contribution < 1.29 is 14.7 Å². The van der Waals surface area contributed by atoms with E-state index in [4.69, 9.17) is 0 Å². The molecule has 1 aromatic rings. The van der Waals surface area contributed by atoms with E-state index in [1.54, 1.807) is 6.07 Å². The molecule has 0 bridgehead atoms. The quantitative estimate of drug-likeness (QED) is 0.904. The summed E-state index contributed by atoms with van der Waals surface area (Å²) in [7, 11) is 0. The Labute approximate surface area is 142 Å². The number of carbonyl (C=O) groups excluding carboxylic acids is 2. The molecule has 1 atom stereocenters. The molecule has 5 nitrogen and oxygen atoms in total. The van der Waals surface area contributed by atoms with Crippen molar-refractivity contribution in [1.29, 1.82) is 0 Å². The standard InChI is InChI=1S/C19H24N2O3/c22-16-4-1-3-13-6-7-15(18(13)16)19(24)20-11-8-14(9-12-20)21-10-2-5-17(21)23/h1,3-4,14-15,22H,2,5-12H2. The molecular weight excluding hydrogens is 304 g/mol. The zero-order chi connectivity index (χ0) is 16.7. The summed E-state index contributed by atoms with van der Waals surface area (Å²) in [5.41, 5.74) is 1.94. The van der Waals surface area contributed by atoms with Gasteiger partial charge in [-0.15, -0.1) is 0 Å². The molecule has 0 aromatic heterocycles. The number of amides is 2. The Kier molecular flexibility index (Phi) is 3.94. The van der Waals surface area contributed by atoms with Crippen LogP contribution in [0.15, 0.2) is 18.2 Å². The maximum atomic E-state index is 12.9. The maximum absolute atomic E-state index is 12.9. The van der Waals surface area contributed by atoms with E-state index in [1.165, 1.54) is 0 Å². The van der Waals surface area contributed by atoms with Crippen molar-refractivity contribution in [3.8, 4) is 5.75 Å². The molecule has 2 fully saturated rings. The number of hydrogen-bond acceptors (Lipinski definition) is 3. The highest BCUT2D eigenvalue weighted by atomic mass is 16.3. The molecule has 0 radical (unpaired) electrons. The number of benzene rings is 1. The number of carbonyl (C=O) groups is 2.